The number of hydrogen-bond acceptors (Lipinski definition) is 5. The summed E-state index contributed by atoms with van der Waals surface area (Å²) in [7, 11) is 0. The molecule has 0 heterocycles. The predicted molar refractivity (Wildman–Crippen MR) is 73.1 cm³/mol. The predicted octanol–water partition coefficient (Wildman–Crippen LogP) is 2.49. The first-order valence-electron chi connectivity index (χ1n) is 6.44. The number of ether oxygens (including phenoxy) is 2. The summed E-state index contributed by atoms with van der Waals surface area (Å²) < 4.78 is 10.0. The van der Waals surface area contributed by atoms with E-state index in [1.165, 1.54) is 4.90 Å². The topological polar surface area (TPSA) is 105 Å². The maximum absolute atomic E-state index is 11.9. The van der Waals surface area contributed by atoms with Crippen LogP contribution in [0.1, 0.15) is 34.1 Å². The van der Waals surface area contributed by atoms with Gasteiger partial charge in [0.05, 0.1) is 13.0 Å². The van der Waals surface area contributed by atoms with Gasteiger partial charge in [0, 0.05) is 24.5 Å². The molecule has 0 aliphatic heterocycles. The summed E-state index contributed by atoms with van der Waals surface area (Å²) in [6, 6.07) is 0. The highest BCUT2D eigenvalue weighted by Crippen LogP contribution is 2.10. The highest BCUT2D eigenvalue weighted by atomic mass is 16.6. The van der Waals surface area contributed by atoms with Crippen LogP contribution in [0.25, 0.3) is 10.4 Å². The van der Waals surface area contributed by atoms with Crippen LogP contribution in [0.4, 0.5) is 4.79 Å². The van der Waals surface area contributed by atoms with Crippen LogP contribution >= 0.6 is 0 Å². The van der Waals surface area contributed by atoms with Gasteiger partial charge in [-0.1, -0.05) is 5.11 Å². The summed E-state index contributed by atoms with van der Waals surface area (Å²) in [6.45, 7) is 7.74. The van der Waals surface area contributed by atoms with Crippen LogP contribution in [0.15, 0.2) is 5.11 Å². The summed E-state index contributed by atoms with van der Waals surface area (Å²) in [5, 5.41) is 3.37. The van der Waals surface area contributed by atoms with Crippen LogP contribution in [-0.2, 0) is 14.3 Å². The zero-order chi connectivity index (χ0) is 15.6. The number of carbonyl (C=O) groups is 2. The van der Waals surface area contributed by atoms with Gasteiger partial charge in [0.15, 0.2) is 0 Å². The van der Waals surface area contributed by atoms with Gasteiger partial charge >= 0.3 is 12.1 Å². The van der Waals surface area contributed by atoms with Crippen LogP contribution in [0.3, 0.4) is 0 Å². The van der Waals surface area contributed by atoms with E-state index in [1.807, 2.05) is 0 Å². The first-order valence-corrected chi connectivity index (χ1v) is 6.44. The zero-order valence-electron chi connectivity index (χ0n) is 12.5. The minimum atomic E-state index is -0.627. The van der Waals surface area contributed by atoms with Crippen LogP contribution in [-0.4, -0.2) is 48.8 Å². The standard InChI is InChI=1S/C12H22N4O4/c1-5-19-10(17)6-8-16(9-7-14-15-13)11(18)20-12(2,3)4/h5-9H2,1-4H3. The van der Waals surface area contributed by atoms with Crippen molar-refractivity contribution in [3.63, 3.8) is 0 Å². The second kappa shape index (κ2) is 9.03. The smallest absolute Gasteiger partial charge is 0.410 e. The minimum Gasteiger partial charge on any atom is -0.466 e. The SMILES string of the molecule is CCOC(=O)CCN(CCN=[N+]=[N-])C(=O)OC(C)(C)C. The molecule has 0 unspecified atom stereocenters. The number of azide groups is 1. The van der Waals surface area contributed by atoms with Crippen molar-refractivity contribution in [1.82, 2.24) is 4.90 Å². The van der Waals surface area contributed by atoms with Crippen molar-refractivity contribution >= 4 is 12.1 Å². The maximum atomic E-state index is 11.9. The number of hydrogen-bond donors (Lipinski definition) is 0. The van der Waals surface area contributed by atoms with Gasteiger partial charge in [-0.25, -0.2) is 4.79 Å². The molecule has 0 aliphatic carbocycles. The molecule has 8 nitrogen and oxygen atoms in total. The third kappa shape index (κ3) is 9.04. The van der Waals surface area contributed by atoms with E-state index < -0.39 is 11.7 Å². The summed E-state index contributed by atoms with van der Waals surface area (Å²) >= 11 is 0. The van der Waals surface area contributed by atoms with E-state index in [4.69, 9.17) is 15.0 Å². The number of carbonyl (C=O) groups excluding carboxylic acids is 2. The van der Waals surface area contributed by atoms with E-state index in [2.05, 4.69) is 10.0 Å². The quantitative estimate of drug-likeness (QED) is 0.310. The van der Waals surface area contributed by atoms with E-state index in [0.717, 1.165) is 0 Å². The summed E-state index contributed by atoms with van der Waals surface area (Å²) in [5.74, 6) is -0.384. The lowest BCUT2D eigenvalue weighted by molar-refractivity contribution is -0.143. The van der Waals surface area contributed by atoms with Gasteiger partial charge in [-0.3, -0.25) is 4.79 Å². The lowest BCUT2D eigenvalue weighted by Gasteiger charge is -2.26. The Morgan fingerprint density at radius 2 is 1.95 bits per heavy atom. The molecule has 0 spiro atoms. The van der Waals surface area contributed by atoms with Crippen LogP contribution in [0, 0.1) is 0 Å². The molecule has 0 aliphatic rings. The molecule has 0 N–H and O–H groups in total. The number of nitrogens with zero attached hydrogens (tertiary/aromatic N) is 4. The second-order valence-corrected chi connectivity index (χ2v) is 4.98. The van der Waals surface area contributed by atoms with Gasteiger partial charge in [-0.15, -0.1) is 0 Å². The van der Waals surface area contributed by atoms with Crippen molar-refractivity contribution in [2.45, 2.75) is 39.7 Å². The van der Waals surface area contributed by atoms with E-state index in [0.29, 0.717) is 6.61 Å². The van der Waals surface area contributed by atoms with Crippen LogP contribution in [0.5, 0.6) is 0 Å². The molecular weight excluding hydrogens is 264 g/mol. The summed E-state index contributed by atoms with van der Waals surface area (Å²) in [6.07, 6.45) is -0.474. The Kier molecular flexibility index (Phi) is 8.15. The van der Waals surface area contributed by atoms with Gasteiger partial charge in [0.2, 0.25) is 0 Å². The molecule has 114 valence electrons. The molecule has 0 aromatic heterocycles. The largest absolute Gasteiger partial charge is 0.466 e. The lowest BCUT2D eigenvalue weighted by Crippen LogP contribution is -2.39. The van der Waals surface area contributed by atoms with E-state index in [1.54, 1.807) is 27.7 Å². The Hall–Kier alpha value is -1.95. The highest BCUT2D eigenvalue weighted by molar-refractivity contribution is 5.72. The molecule has 0 fully saturated rings. The third-order valence-electron chi connectivity index (χ3n) is 2.08. The minimum absolute atomic E-state index is 0.0728. The average molecular weight is 286 g/mol. The summed E-state index contributed by atoms with van der Waals surface area (Å²) in [4.78, 5) is 27.2. The molecule has 0 aromatic carbocycles. The molecule has 0 radical (unpaired) electrons. The Morgan fingerprint density at radius 1 is 1.30 bits per heavy atom. The lowest BCUT2D eigenvalue weighted by atomic mass is 10.2. The molecular formula is C12H22N4O4. The molecule has 0 atom stereocenters. The molecule has 0 aromatic rings. The first-order chi connectivity index (χ1) is 9.30. The zero-order valence-corrected chi connectivity index (χ0v) is 12.5. The van der Waals surface area contributed by atoms with Crippen molar-refractivity contribution in [1.29, 1.82) is 0 Å². The Labute approximate surface area is 118 Å². The van der Waals surface area contributed by atoms with Crippen molar-refractivity contribution in [3.8, 4) is 0 Å². The van der Waals surface area contributed by atoms with Gasteiger partial charge in [-0.05, 0) is 33.2 Å². The van der Waals surface area contributed by atoms with Crippen molar-refractivity contribution in [2.75, 3.05) is 26.2 Å². The molecule has 20 heavy (non-hydrogen) atoms. The fraction of sp³-hybridized carbons (Fsp3) is 0.833. The first kappa shape index (κ1) is 18.0. The molecule has 0 saturated heterocycles. The maximum Gasteiger partial charge on any atom is 0.410 e. The number of amides is 1. The molecule has 1 amide bonds. The molecule has 0 bridgehead atoms. The molecule has 8 heteroatoms. The molecule has 0 saturated carbocycles. The van der Waals surface area contributed by atoms with Gasteiger partial charge < -0.3 is 14.4 Å². The third-order valence-corrected chi connectivity index (χ3v) is 2.08. The Morgan fingerprint density at radius 3 is 2.45 bits per heavy atom. The monoisotopic (exact) mass is 286 g/mol. The van der Waals surface area contributed by atoms with E-state index >= 15 is 0 Å². The van der Waals surface area contributed by atoms with Crippen LogP contribution in [0.2, 0.25) is 0 Å². The fourth-order valence-electron chi connectivity index (χ4n) is 1.29. The van der Waals surface area contributed by atoms with Gasteiger partial charge in [-0.2, -0.15) is 0 Å². The highest BCUT2D eigenvalue weighted by Gasteiger charge is 2.22. The summed E-state index contributed by atoms with van der Waals surface area (Å²) in [5.41, 5.74) is 7.61. The normalized spacial score (nSPS) is 10.4. The van der Waals surface area contributed by atoms with Crippen LogP contribution < -0.4 is 0 Å². The average Bonchev–Trinajstić information content (AvgIpc) is 2.31. The molecule has 0 rings (SSSR count). The second-order valence-electron chi connectivity index (χ2n) is 4.98. The van der Waals surface area contributed by atoms with Crippen molar-refractivity contribution in [2.24, 2.45) is 5.11 Å². The van der Waals surface area contributed by atoms with Crippen molar-refractivity contribution in [3.05, 3.63) is 10.4 Å². The van der Waals surface area contributed by atoms with Crippen molar-refractivity contribution < 1.29 is 19.1 Å². The number of rotatable bonds is 7. The van der Waals surface area contributed by atoms with Gasteiger partial charge in [0.1, 0.15) is 5.60 Å². The Bertz CT molecular complexity index is 372. The Balaban J connectivity index is 4.50. The van der Waals surface area contributed by atoms with E-state index in [9.17, 15) is 9.59 Å². The number of esters is 1. The fourth-order valence-corrected chi connectivity index (χ4v) is 1.29. The van der Waals surface area contributed by atoms with E-state index in [-0.39, 0.29) is 32.0 Å². The van der Waals surface area contributed by atoms with Gasteiger partial charge in [0.25, 0.3) is 0 Å².